The smallest absolute Gasteiger partial charge is 0.317 e. The first-order valence-corrected chi connectivity index (χ1v) is 8.15. The molecule has 0 radical (unpaired) electrons. The average molecular weight is 325 g/mol. The Hall–Kier alpha value is -1.26. The van der Waals surface area contributed by atoms with Gasteiger partial charge in [-0.2, -0.15) is 0 Å². The van der Waals surface area contributed by atoms with Gasteiger partial charge in [-0.1, -0.05) is 37.6 Å². The lowest BCUT2D eigenvalue weighted by Crippen LogP contribution is -2.43. The molecule has 22 heavy (non-hydrogen) atoms. The Kier molecular flexibility index (Phi) is 5.70. The van der Waals surface area contributed by atoms with E-state index >= 15 is 0 Å². The van der Waals surface area contributed by atoms with Crippen molar-refractivity contribution in [2.75, 3.05) is 26.2 Å². The zero-order valence-corrected chi connectivity index (χ0v) is 14.1. The van der Waals surface area contributed by atoms with Crippen LogP contribution in [0.2, 0.25) is 5.02 Å². The van der Waals surface area contributed by atoms with E-state index in [9.17, 15) is 4.79 Å². The monoisotopic (exact) mass is 324 g/mol. The van der Waals surface area contributed by atoms with Gasteiger partial charge in [0.1, 0.15) is 0 Å². The molecule has 1 unspecified atom stereocenters. The van der Waals surface area contributed by atoms with Crippen molar-refractivity contribution in [2.45, 2.75) is 26.7 Å². The van der Waals surface area contributed by atoms with Crippen molar-refractivity contribution >= 4 is 17.6 Å². The van der Waals surface area contributed by atoms with Gasteiger partial charge < -0.3 is 15.3 Å². The maximum atomic E-state index is 12.2. The molecule has 0 saturated carbocycles. The van der Waals surface area contributed by atoms with E-state index in [1.165, 1.54) is 5.56 Å². The molecule has 0 aliphatic carbocycles. The van der Waals surface area contributed by atoms with Gasteiger partial charge in [-0.3, -0.25) is 0 Å². The Labute approximate surface area is 137 Å². The molecule has 1 saturated heterocycles. The second kappa shape index (κ2) is 7.34. The van der Waals surface area contributed by atoms with Crippen LogP contribution in [0.5, 0.6) is 0 Å². The summed E-state index contributed by atoms with van der Waals surface area (Å²) in [5, 5.41) is 12.9. The molecule has 1 aromatic rings. The van der Waals surface area contributed by atoms with Crippen LogP contribution in [0.4, 0.5) is 4.79 Å². The zero-order chi connectivity index (χ0) is 16.2. The third kappa shape index (κ3) is 4.89. The summed E-state index contributed by atoms with van der Waals surface area (Å²) in [5.41, 5.74) is 1.13. The SMILES string of the molecule is CC(C)(CNC(=O)N1CCC(CO)C1)Cc1cccc(Cl)c1. The van der Waals surface area contributed by atoms with Crippen molar-refractivity contribution in [3.05, 3.63) is 34.9 Å². The Bertz CT molecular complexity index is 519. The third-order valence-corrected chi connectivity index (χ3v) is 4.36. The lowest BCUT2D eigenvalue weighted by atomic mass is 9.86. The predicted octanol–water partition coefficient (Wildman–Crippen LogP) is 2.93. The van der Waals surface area contributed by atoms with E-state index in [1.54, 1.807) is 4.90 Å². The van der Waals surface area contributed by atoms with Crippen LogP contribution in [0.15, 0.2) is 24.3 Å². The number of likely N-dealkylation sites (tertiary alicyclic amines) is 1. The first-order valence-electron chi connectivity index (χ1n) is 7.78. The second-order valence-electron chi connectivity index (χ2n) is 6.91. The molecule has 1 atom stereocenters. The molecular formula is C17H25ClN2O2. The number of rotatable bonds is 5. The molecular weight excluding hydrogens is 300 g/mol. The minimum absolute atomic E-state index is 0.0323. The van der Waals surface area contributed by atoms with Gasteiger partial charge in [0.05, 0.1) is 0 Å². The Morgan fingerprint density at radius 1 is 1.50 bits per heavy atom. The van der Waals surface area contributed by atoms with E-state index in [-0.39, 0.29) is 24.0 Å². The number of hydrogen-bond acceptors (Lipinski definition) is 2. The lowest BCUT2D eigenvalue weighted by Gasteiger charge is -2.27. The van der Waals surface area contributed by atoms with E-state index in [1.807, 2.05) is 18.2 Å². The molecule has 2 N–H and O–H groups in total. The summed E-state index contributed by atoms with van der Waals surface area (Å²) in [6.45, 7) is 6.41. The van der Waals surface area contributed by atoms with Crippen molar-refractivity contribution in [3.8, 4) is 0 Å². The van der Waals surface area contributed by atoms with Gasteiger partial charge in [0.15, 0.2) is 0 Å². The van der Waals surface area contributed by atoms with Crippen LogP contribution in [-0.2, 0) is 6.42 Å². The van der Waals surface area contributed by atoms with Crippen molar-refractivity contribution < 1.29 is 9.90 Å². The molecule has 0 spiro atoms. The van der Waals surface area contributed by atoms with Gasteiger partial charge in [0, 0.05) is 37.2 Å². The number of benzene rings is 1. The molecule has 4 nitrogen and oxygen atoms in total. The molecule has 1 aliphatic heterocycles. The number of carbonyl (C=O) groups is 1. The van der Waals surface area contributed by atoms with E-state index in [0.29, 0.717) is 13.1 Å². The number of amides is 2. The van der Waals surface area contributed by atoms with E-state index in [2.05, 4.69) is 25.2 Å². The van der Waals surface area contributed by atoms with Gasteiger partial charge in [-0.25, -0.2) is 4.79 Å². The summed E-state index contributed by atoms with van der Waals surface area (Å²) in [4.78, 5) is 14.0. The van der Waals surface area contributed by atoms with Crippen molar-refractivity contribution in [1.82, 2.24) is 10.2 Å². The maximum Gasteiger partial charge on any atom is 0.317 e. The van der Waals surface area contributed by atoms with Gasteiger partial charge >= 0.3 is 6.03 Å². The number of halogens is 1. The predicted molar refractivity (Wildman–Crippen MR) is 89.1 cm³/mol. The van der Waals surface area contributed by atoms with Gasteiger partial charge in [0.2, 0.25) is 0 Å². The van der Waals surface area contributed by atoms with Gasteiger partial charge in [-0.15, -0.1) is 0 Å². The Morgan fingerprint density at radius 3 is 2.91 bits per heavy atom. The minimum atomic E-state index is -0.0452. The zero-order valence-electron chi connectivity index (χ0n) is 13.3. The van der Waals surface area contributed by atoms with Crippen LogP contribution in [-0.4, -0.2) is 42.3 Å². The van der Waals surface area contributed by atoms with E-state index in [0.717, 1.165) is 24.4 Å². The highest BCUT2D eigenvalue weighted by Gasteiger charge is 2.27. The van der Waals surface area contributed by atoms with Crippen LogP contribution in [0, 0.1) is 11.3 Å². The molecule has 0 aromatic heterocycles. The highest BCUT2D eigenvalue weighted by Crippen LogP contribution is 2.23. The van der Waals surface area contributed by atoms with Crippen molar-refractivity contribution in [1.29, 1.82) is 0 Å². The van der Waals surface area contributed by atoms with Crippen molar-refractivity contribution in [2.24, 2.45) is 11.3 Å². The second-order valence-corrected chi connectivity index (χ2v) is 7.35. The summed E-state index contributed by atoms with van der Waals surface area (Å²) in [6, 6.07) is 7.81. The number of aliphatic hydroxyl groups excluding tert-OH is 1. The number of urea groups is 1. The van der Waals surface area contributed by atoms with Gasteiger partial charge in [0.25, 0.3) is 0 Å². The summed E-state index contributed by atoms with van der Waals surface area (Å²) >= 11 is 6.02. The summed E-state index contributed by atoms with van der Waals surface area (Å²) < 4.78 is 0. The third-order valence-electron chi connectivity index (χ3n) is 4.12. The normalized spacial score (nSPS) is 18.5. The topological polar surface area (TPSA) is 52.6 Å². The largest absolute Gasteiger partial charge is 0.396 e. The molecule has 1 fully saturated rings. The fraction of sp³-hybridized carbons (Fsp3) is 0.588. The molecule has 5 heteroatoms. The number of nitrogens with zero attached hydrogens (tertiary/aromatic N) is 1. The summed E-state index contributed by atoms with van der Waals surface area (Å²) in [6.07, 6.45) is 1.74. The average Bonchev–Trinajstić information content (AvgIpc) is 2.93. The highest BCUT2D eigenvalue weighted by molar-refractivity contribution is 6.30. The Balaban J connectivity index is 1.83. The first-order chi connectivity index (χ1) is 10.4. The van der Waals surface area contributed by atoms with Crippen LogP contribution < -0.4 is 5.32 Å². The van der Waals surface area contributed by atoms with Crippen LogP contribution in [0.25, 0.3) is 0 Å². The van der Waals surface area contributed by atoms with Crippen LogP contribution >= 0.6 is 11.6 Å². The number of hydrogen-bond donors (Lipinski definition) is 2. The molecule has 2 amide bonds. The first kappa shape index (κ1) is 17.1. The van der Waals surface area contributed by atoms with Gasteiger partial charge in [-0.05, 0) is 36.0 Å². The summed E-state index contributed by atoms with van der Waals surface area (Å²) in [7, 11) is 0. The summed E-state index contributed by atoms with van der Waals surface area (Å²) in [5.74, 6) is 0.227. The lowest BCUT2D eigenvalue weighted by molar-refractivity contribution is 0.193. The molecule has 2 rings (SSSR count). The number of aliphatic hydroxyl groups is 1. The van der Waals surface area contributed by atoms with Crippen molar-refractivity contribution in [3.63, 3.8) is 0 Å². The molecule has 1 aliphatic rings. The highest BCUT2D eigenvalue weighted by atomic mass is 35.5. The maximum absolute atomic E-state index is 12.2. The quantitative estimate of drug-likeness (QED) is 0.875. The molecule has 1 heterocycles. The number of carbonyl (C=O) groups excluding carboxylic acids is 1. The minimum Gasteiger partial charge on any atom is -0.396 e. The van der Waals surface area contributed by atoms with Crippen LogP contribution in [0.3, 0.4) is 0 Å². The van der Waals surface area contributed by atoms with E-state index in [4.69, 9.17) is 16.7 Å². The molecule has 1 aromatic carbocycles. The fourth-order valence-corrected chi connectivity index (χ4v) is 3.07. The molecule has 122 valence electrons. The van der Waals surface area contributed by atoms with Crippen LogP contribution in [0.1, 0.15) is 25.8 Å². The fourth-order valence-electron chi connectivity index (χ4n) is 2.85. The Morgan fingerprint density at radius 2 is 2.27 bits per heavy atom. The van der Waals surface area contributed by atoms with E-state index < -0.39 is 0 Å². The standard InChI is InChI=1S/C17H25ClN2O2/c1-17(2,9-13-4-3-5-15(18)8-13)12-19-16(22)20-7-6-14(10-20)11-21/h3-5,8,14,21H,6-7,9-12H2,1-2H3,(H,19,22). The number of nitrogens with one attached hydrogen (secondary N) is 1. The molecule has 0 bridgehead atoms.